The number of nitrogens with zero attached hydrogens (tertiary/aromatic N) is 5. The van der Waals surface area contributed by atoms with Crippen molar-refractivity contribution in [3.8, 4) is 0 Å². The van der Waals surface area contributed by atoms with Gasteiger partial charge in [-0.1, -0.05) is 0 Å². The molecule has 2 heterocycles. The van der Waals surface area contributed by atoms with Gasteiger partial charge in [0.1, 0.15) is 12.4 Å². The molecule has 5 N–H and O–H groups in total. The molecule has 0 aliphatic heterocycles. The van der Waals surface area contributed by atoms with Crippen molar-refractivity contribution in [2.45, 2.75) is 44.7 Å². The number of aryl methyl sites for hydroxylation is 1. The van der Waals surface area contributed by atoms with E-state index in [-0.39, 0.29) is 19.6 Å². The maximum absolute atomic E-state index is 11.8. The van der Waals surface area contributed by atoms with Crippen LogP contribution in [-0.2, 0) is 16.1 Å². The molecule has 2 aromatic heterocycles. The molecule has 176 valence electrons. The summed E-state index contributed by atoms with van der Waals surface area (Å²) in [6.07, 6.45) is 5.24. The summed E-state index contributed by atoms with van der Waals surface area (Å²) in [6, 6.07) is -1.78. The SMILES string of the molecule is CN(C)c1ncnc2c1ncn2CCCCCOC(=O)NC(CCCNC(N)=O)C(=O)O. The molecule has 3 amide bonds. The second kappa shape index (κ2) is 12.3. The number of unbranched alkanes of at least 4 members (excludes halogenated alkanes) is 2. The highest BCUT2D eigenvalue weighted by Crippen LogP contribution is 2.19. The van der Waals surface area contributed by atoms with Crippen molar-refractivity contribution in [2.75, 3.05) is 32.1 Å². The largest absolute Gasteiger partial charge is 0.480 e. The number of amides is 3. The molecule has 1 atom stereocenters. The number of carboxylic acids is 1. The number of primary amides is 1. The second-order valence-corrected chi connectivity index (χ2v) is 7.37. The van der Waals surface area contributed by atoms with E-state index in [0.29, 0.717) is 19.4 Å². The predicted molar refractivity (Wildman–Crippen MR) is 116 cm³/mol. The lowest BCUT2D eigenvalue weighted by Crippen LogP contribution is -2.41. The monoisotopic (exact) mass is 450 g/mol. The number of imidazole rings is 1. The summed E-state index contributed by atoms with van der Waals surface area (Å²) in [6.45, 7) is 1.12. The summed E-state index contributed by atoms with van der Waals surface area (Å²) in [5.41, 5.74) is 6.45. The van der Waals surface area contributed by atoms with Crippen molar-refractivity contribution in [3.05, 3.63) is 12.7 Å². The van der Waals surface area contributed by atoms with Crippen molar-refractivity contribution < 1.29 is 24.2 Å². The molecule has 0 aliphatic carbocycles. The number of ether oxygens (including phenoxy) is 1. The summed E-state index contributed by atoms with van der Waals surface area (Å²) in [7, 11) is 3.80. The average molecular weight is 451 g/mol. The van der Waals surface area contributed by atoms with Crippen LogP contribution >= 0.6 is 0 Å². The smallest absolute Gasteiger partial charge is 0.407 e. The first kappa shape index (κ1) is 24.6. The summed E-state index contributed by atoms with van der Waals surface area (Å²) in [5.74, 6) is -0.410. The number of fused-ring (bicyclic) bond motifs is 1. The van der Waals surface area contributed by atoms with E-state index in [4.69, 9.17) is 10.5 Å². The first-order valence-electron chi connectivity index (χ1n) is 10.3. The third-order valence-corrected chi connectivity index (χ3v) is 4.64. The number of urea groups is 1. The lowest BCUT2D eigenvalue weighted by Gasteiger charge is -2.14. The van der Waals surface area contributed by atoms with Crippen LogP contribution in [-0.4, -0.2) is 76.0 Å². The zero-order valence-electron chi connectivity index (χ0n) is 18.3. The third-order valence-electron chi connectivity index (χ3n) is 4.64. The summed E-state index contributed by atoms with van der Waals surface area (Å²) in [4.78, 5) is 48.5. The quantitative estimate of drug-likeness (QED) is 0.320. The fourth-order valence-electron chi connectivity index (χ4n) is 3.04. The highest BCUT2D eigenvalue weighted by molar-refractivity contribution is 5.83. The molecular weight excluding hydrogens is 420 g/mol. The maximum atomic E-state index is 11.8. The van der Waals surface area contributed by atoms with Gasteiger partial charge in [-0.2, -0.15) is 0 Å². The number of carbonyl (C=O) groups is 3. The molecule has 1 unspecified atom stereocenters. The number of carbonyl (C=O) groups excluding carboxylic acids is 2. The van der Waals surface area contributed by atoms with Gasteiger partial charge in [0.05, 0.1) is 12.9 Å². The number of nitrogens with two attached hydrogens (primary N) is 1. The minimum atomic E-state index is -1.17. The highest BCUT2D eigenvalue weighted by Gasteiger charge is 2.20. The molecule has 32 heavy (non-hydrogen) atoms. The van der Waals surface area contributed by atoms with Crippen LogP contribution in [0.3, 0.4) is 0 Å². The number of hydrogen-bond donors (Lipinski definition) is 4. The first-order valence-corrected chi connectivity index (χ1v) is 10.3. The maximum Gasteiger partial charge on any atom is 0.407 e. The summed E-state index contributed by atoms with van der Waals surface area (Å²) in [5, 5.41) is 13.9. The minimum absolute atomic E-state index is 0.142. The van der Waals surface area contributed by atoms with Crippen LogP contribution < -0.4 is 21.3 Å². The van der Waals surface area contributed by atoms with Crippen LogP contribution in [0.4, 0.5) is 15.4 Å². The van der Waals surface area contributed by atoms with Gasteiger partial charge in [0.2, 0.25) is 0 Å². The molecule has 2 rings (SSSR count). The Labute approximate surface area is 185 Å². The van der Waals surface area contributed by atoms with Crippen molar-refractivity contribution in [2.24, 2.45) is 5.73 Å². The third kappa shape index (κ3) is 7.56. The number of carboxylic acid groups (broad SMARTS) is 1. The fourth-order valence-corrected chi connectivity index (χ4v) is 3.04. The molecule has 0 spiro atoms. The average Bonchev–Trinajstić information content (AvgIpc) is 3.15. The van der Waals surface area contributed by atoms with E-state index >= 15 is 0 Å². The van der Waals surface area contributed by atoms with Gasteiger partial charge in [-0.05, 0) is 32.1 Å². The zero-order valence-corrected chi connectivity index (χ0v) is 18.3. The molecule has 0 saturated carbocycles. The standard InChI is InChI=1S/C19H30N8O5/c1-26(2)15-14-16(23-11-22-15)27(12-24-14)9-4-3-5-10-32-19(31)25-13(17(28)29)7-6-8-21-18(20)30/h11-13H,3-10H2,1-2H3,(H,25,31)(H,28,29)(H3,20,21,30). The number of aromatic nitrogens is 4. The van der Waals surface area contributed by atoms with E-state index in [1.807, 2.05) is 23.6 Å². The lowest BCUT2D eigenvalue weighted by molar-refractivity contribution is -0.139. The van der Waals surface area contributed by atoms with Crippen molar-refractivity contribution >= 4 is 35.1 Å². The van der Waals surface area contributed by atoms with Gasteiger partial charge in [0, 0.05) is 27.2 Å². The molecule has 0 aromatic carbocycles. The number of rotatable bonds is 13. The van der Waals surface area contributed by atoms with Gasteiger partial charge < -0.3 is 35.7 Å². The van der Waals surface area contributed by atoms with Gasteiger partial charge in [-0.15, -0.1) is 0 Å². The number of aliphatic carboxylic acids is 1. The Bertz CT molecular complexity index is 916. The molecule has 0 fully saturated rings. The zero-order chi connectivity index (χ0) is 23.5. The van der Waals surface area contributed by atoms with Crippen LogP contribution in [0.5, 0.6) is 0 Å². The predicted octanol–water partition coefficient (Wildman–Crippen LogP) is 0.691. The van der Waals surface area contributed by atoms with Crippen LogP contribution in [0.15, 0.2) is 12.7 Å². The first-order chi connectivity index (χ1) is 15.3. The Morgan fingerprint density at radius 3 is 2.66 bits per heavy atom. The molecule has 0 aliphatic rings. The summed E-state index contributed by atoms with van der Waals surface area (Å²) < 4.78 is 7.03. The summed E-state index contributed by atoms with van der Waals surface area (Å²) >= 11 is 0. The van der Waals surface area contributed by atoms with Crippen molar-refractivity contribution in [3.63, 3.8) is 0 Å². The normalized spacial score (nSPS) is 11.7. The van der Waals surface area contributed by atoms with Gasteiger partial charge in [-0.25, -0.2) is 29.3 Å². The van der Waals surface area contributed by atoms with Crippen molar-refractivity contribution in [1.82, 2.24) is 30.2 Å². The fraction of sp³-hybridized carbons (Fsp3) is 0.579. The van der Waals surface area contributed by atoms with Crippen molar-refractivity contribution in [1.29, 1.82) is 0 Å². The Balaban J connectivity index is 1.66. The molecule has 2 aromatic rings. The number of anilines is 1. The Hall–Kier alpha value is -3.64. The number of alkyl carbamates (subject to hydrolysis) is 1. The van der Waals surface area contributed by atoms with Gasteiger partial charge in [0.15, 0.2) is 17.0 Å². The Morgan fingerprint density at radius 2 is 1.97 bits per heavy atom. The Kier molecular flexibility index (Phi) is 9.44. The van der Waals surface area contributed by atoms with Crippen LogP contribution in [0.1, 0.15) is 32.1 Å². The molecule has 0 bridgehead atoms. The van der Waals surface area contributed by atoms with Gasteiger partial charge in [-0.3, -0.25) is 0 Å². The van der Waals surface area contributed by atoms with Crippen LogP contribution in [0.2, 0.25) is 0 Å². The van der Waals surface area contributed by atoms with E-state index in [2.05, 4.69) is 25.6 Å². The van der Waals surface area contributed by atoms with E-state index in [9.17, 15) is 19.5 Å². The van der Waals surface area contributed by atoms with Gasteiger partial charge >= 0.3 is 18.1 Å². The van der Waals surface area contributed by atoms with Crippen LogP contribution in [0.25, 0.3) is 11.2 Å². The molecule has 0 radical (unpaired) electrons. The molecule has 13 heteroatoms. The molecule has 0 saturated heterocycles. The number of nitrogens with one attached hydrogen (secondary N) is 2. The highest BCUT2D eigenvalue weighted by atomic mass is 16.5. The molecular formula is C19H30N8O5. The minimum Gasteiger partial charge on any atom is -0.480 e. The topological polar surface area (TPSA) is 178 Å². The number of hydrogen-bond acceptors (Lipinski definition) is 8. The van der Waals surface area contributed by atoms with E-state index in [1.165, 1.54) is 6.33 Å². The van der Waals surface area contributed by atoms with Gasteiger partial charge in [0.25, 0.3) is 0 Å². The van der Waals surface area contributed by atoms with E-state index < -0.39 is 24.1 Å². The lowest BCUT2D eigenvalue weighted by atomic mass is 10.1. The Morgan fingerprint density at radius 1 is 1.19 bits per heavy atom. The molecule has 13 nitrogen and oxygen atoms in total. The van der Waals surface area contributed by atoms with Crippen LogP contribution in [0, 0.1) is 0 Å². The van der Waals surface area contributed by atoms with E-state index in [0.717, 1.165) is 29.8 Å². The second-order valence-electron chi connectivity index (χ2n) is 7.37. The van der Waals surface area contributed by atoms with E-state index in [1.54, 1.807) is 6.33 Å².